The van der Waals surface area contributed by atoms with E-state index in [2.05, 4.69) is 22.9 Å². The van der Waals surface area contributed by atoms with Gasteiger partial charge >= 0.3 is 0 Å². The zero-order chi connectivity index (χ0) is 13.0. The lowest BCUT2D eigenvalue weighted by atomic mass is 9.79. The van der Waals surface area contributed by atoms with E-state index in [1.807, 2.05) is 18.3 Å². The minimum atomic E-state index is -0.0818. The number of piperidine rings is 1. The Balaban J connectivity index is 1.79. The van der Waals surface area contributed by atoms with Crippen LogP contribution >= 0.6 is 0 Å². The van der Waals surface area contributed by atoms with Gasteiger partial charge in [-0.05, 0) is 38.1 Å². The molecule has 4 heteroatoms. The fourth-order valence-corrected chi connectivity index (χ4v) is 2.36. The molecule has 18 heavy (non-hydrogen) atoms. The third kappa shape index (κ3) is 3.07. The van der Waals surface area contributed by atoms with Gasteiger partial charge in [0.2, 0.25) is 0 Å². The summed E-state index contributed by atoms with van der Waals surface area (Å²) in [6, 6.07) is 6.05. The highest BCUT2D eigenvalue weighted by atomic mass is 15.1. The molecular formula is C14H22N4. The predicted octanol–water partition coefficient (Wildman–Crippen LogP) is 1.66. The number of amidine groups is 1. The maximum absolute atomic E-state index is 7.64. The lowest BCUT2D eigenvalue weighted by Gasteiger charge is -2.38. The zero-order valence-electron chi connectivity index (χ0n) is 11.0. The number of nitrogens with one attached hydrogen (secondary N) is 1. The van der Waals surface area contributed by atoms with E-state index in [-0.39, 0.29) is 5.41 Å². The minimum absolute atomic E-state index is 0.0818. The van der Waals surface area contributed by atoms with Crippen molar-refractivity contribution in [3.05, 3.63) is 30.1 Å². The Bertz CT molecular complexity index is 394. The molecule has 0 bridgehead atoms. The molecule has 0 atom stereocenters. The number of aromatic nitrogens is 1. The summed E-state index contributed by atoms with van der Waals surface area (Å²) in [5.74, 6) is 0.340. The van der Waals surface area contributed by atoms with Gasteiger partial charge in [0, 0.05) is 30.3 Å². The molecular weight excluding hydrogens is 224 g/mol. The second-order valence-electron chi connectivity index (χ2n) is 5.39. The van der Waals surface area contributed by atoms with E-state index in [0.717, 1.165) is 44.6 Å². The molecule has 1 fully saturated rings. The monoisotopic (exact) mass is 246 g/mol. The van der Waals surface area contributed by atoms with Crippen LogP contribution in [0.3, 0.4) is 0 Å². The van der Waals surface area contributed by atoms with Crippen LogP contribution in [0.15, 0.2) is 24.4 Å². The smallest absolute Gasteiger partial charge is 0.0966 e. The van der Waals surface area contributed by atoms with Crippen LogP contribution in [0.5, 0.6) is 0 Å². The molecule has 98 valence electrons. The van der Waals surface area contributed by atoms with Gasteiger partial charge in [0.15, 0.2) is 0 Å². The van der Waals surface area contributed by atoms with E-state index >= 15 is 0 Å². The van der Waals surface area contributed by atoms with Gasteiger partial charge in [-0.3, -0.25) is 10.4 Å². The highest BCUT2D eigenvalue weighted by molar-refractivity contribution is 5.83. The van der Waals surface area contributed by atoms with Crippen LogP contribution in [0.25, 0.3) is 0 Å². The van der Waals surface area contributed by atoms with Crippen LogP contribution in [0.2, 0.25) is 0 Å². The molecule has 1 aliphatic rings. The number of nitrogens with two attached hydrogens (primary N) is 1. The van der Waals surface area contributed by atoms with Crippen molar-refractivity contribution in [3.63, 3.8) is 0 Å². The van der Waals surface area contributed by atoms with E-state index in [1.54, 1.807) is 0 Å². The summed E-state index contributed by atoms with van der Waals surface area (Å²) in [5.41, 5.74) is 6.74. The van der Waals surface area contributed by atoms with Gasteiger partial charge in [-0.15, -0.1) is 0 Å². The van der Waals surface area contributed by atoms with Crippen LogP contribution < -0.4 is 5.73 Å². The van der Waals surface area contributed by atoms with Crippen molar-refractivity contribution < 1.29 is 0 Å². The van der Waals surface area contributed by atoms with E-state index in [0.29, 0.717) is 5.84 Å². The Kier molecular flexibility index (Phi) is 3.97. The van der Waals surface area contributed by atoms with Crippen molar-refractivity contribution in [1.29, 1.82) is 5.41 Å². The average molecular weight is 246 g/mol. The summed E-state index contributed by atoms with van der Waals surface area (Å²) in [6.07, 6.45) is 4.82. The summed E-state index contributed by atoms with van der Waals surface area (Å²) in [5, 5.41) is 7.64. The van der Waals surface area contributed by atoms with Crippen LogP contribution in [0, 0.1) is 10.8 Å². The summed E-state index contributed by atoms with van der Waals surface area (Å²) >= 11 is 0. The highest BCUT2D eigenvalue weighted by Crippen LogP contribution is 2.30. The molecule has 0 saturated carbocycles. The first-order valence-corrected chi connectivity index (χ1v) is 6.57. The van der Waals surface area contributed by atoms with Crippen molar-refractivity contribution in [3.8, 4) is 0 Å². The first-order chi connectivity index (χ1) is 8.60. The number of likely N-dealkylation sites (tertiary alicyclic amines) is 1. The number of rotatable bonds is 4. The fourth-order valence-electron chi connectivity index (χ4n) is 2.36. The third-order valence-electron chi connectivity index (χ3n) is 4.02. The molecule has 0 unspecified atom stereocenters. The highest BCUT2D eigenvalue weighted by Gasteiger charge is 2.32. The van der Waals surface area contributed by atoms with Crippen molar-refractivity contribution in [2.75, 3.05) is 19.6 Å². The standard InChI is InChI=1S/C14H22N4/c1-14(13(15)16)6-10-18(11-7-14)9-5-12-4-2-3-8-17-12/h2-4,8H,5-7,9-11H2,1H3,(H3,15,16). The molecule has 1 aliphatic heterocycles. The quantitative estimate of drug-likeness (QED) is 0.627. The molecule has 1 aromatic heterocycles. The van der Waals surface area contributed by atoms with E-state index < -0.39 is 0 Å². The third-order valence-corrected chi connectivity index (χ3v) is 4.02. The normalized spacial score (nSPS) is 19.6. The first kappa shape index (κ1) is 13.0. The minimum Gasteiger partial charge on any atom is -0.387 e. The molecule has 1 saturated heterocycles. The van der Waals surface area contributed by atoms with Gasteiger partial charge in [0.25, 0.3) is 0 Å². The predicted molar refractivity (Wildman–Crippen MR) is 73.6 cm³/mol. The maximum atomic E-state index is 7.64. The molecule has 4 nitrogen and oxygen atoms in total. The first-order valence-electron chi connectivity index (χ1n) is 6.57. The van der Waals surface area contributed by atoms with E-state index in [1.165, 1.54) is 0 Å². The van der Waals surface area contributed by atoms with Crippen molar-refractivity contribution in [2.45, 2.75) is 26.2 Å². The van der Waals surface area contributed by atoms with Gasteiger partial charge in [-0.1, -0.05) is 13.0 Å². The number of hydrogen-bond donors (Lipinski definition) is 2. The lowest BCUT2D eigenvalue weighted by molar-refractivity contribution is 0.163. The molecule has 0 spiro atoms. The van der Waals surface area contributed by atoms with Crippen LogP contribution in [0.1, 0.15) is 25.5 Å². The second kappa shape index (κ2) is 5.48. The van der Waals surface area contributed by atoms with Gasteiger partial charge < -0.3 is 10.6 Å². The molecule has 0 amide bonds. The summed E-state index contributed by atoms with van der Waals surface area (Å²) in [6.45, 7) is 5.21. The Morgan fingerprint density at radius 1 is 1.44 bits per heavy atom. The molecule has 2 heterocycles. The summed E-state index contributed by atoms with van der Waals surface area (Å²) in [7, 11) is 0. The summed E-state index contributed by atoms with van der Waals surface area (Å²) < 4.78 is 0. The van der Waals surface area contributed by atoms with Gasteiger partial charge in [-0.2, -0.15) is 0 Å². The van der Waals surface area contributed by atoms with Crippen LogP contribution in [-0.4, -0.2) is 35.4 Å². The summed E-state index contributed by atoms with van der Waals surface area (Å²) in [4.78, 5) is 6.78. The van der Waals surface area contributed by atoms with E-state index in [9.17, 15) is 0 Å². The molecule has 3 N–H and O–H groups in total. The molecule has 1 aromatic rings. The SMILES string of the molecule is CC1(C(=N)N)CCN(CCc2ccccn2)CC1. The number of hydrogen-bond acceptors (Lipinski definition) is 3. The number of pyridine rings is 1. The Morgan fingerprint density at radius 2 is 2.17 bits per heavy atom. The average Bonchev–Trinajstić information content (AvgIpc) is 2.39. The van der Waals surface area contributed by atoms with Crippen molar-refractivity contribution >= 4 is 5.84 Å². The molecule has 0 aromatic carbocycles. The number of nitrogens with zero attached hydrogens (tertiary/aromatic N) is 2. The topological polar surface area (TPSA) is 66.0 Å². The van der Waals surface area contributed by atoms with Crippen LogP contribution in [-0.2, 0) is 6.42 Å². The fraction of sp³-hybridized carbons (Fsp3) is 0.571. The maximum Gasteiger partial charge on any atom is 0.0966 e. The Labute approximate surface area is 109 Å². The second-order valence-corrected chi connectivity index (χ2v) is 5.39. The molecule has 0 radical (unpaired) electrons. The largest absolute Gasteiger partial charge is 0.387 e. The van der Waals surface area contributed by atoms with Crippen molar-refractivity contribution in [2.24, 2.45) is 11.1 Å². The Hall–Kier alpha value is -1.42. The van der Waals surface area contributed by atoms with Crippen molar-refractivity contribution in [1.82, 2.24) is 9.88 Å². The van der Waals surface area contributed by atoms with Gasteiger partial charge in [0.1, 0.15) is 0 Å². The Morgan fingerprint density at radius 3 is 2.72 bits per heavy atom. The molecule has 2 rings (SSSR count). The lowest BCUT2D eigenvalue weighted by Crippen LogP contribution is -2.45. The van der Waals surface area contributed by atoms with E-state index in [4.69, 9.17) is 11.1 Å². The van der Waals surface area contributed by atoms with Gasteiger partial charge in [-0.25, -0.2) is 0 Å². The molecule has 0 aliphatic carbocycles. The van der Waals surface area contributed by atoms with Gasteiger partial charge in [0.05, 0.1) is 5.84 Å². The zero-order valence-corrected chi connectivity index (χ0v) is 11.0. The van der Waals surface area contributed by atoms with Crippen LogP contribution in [0.4, 0.5) is 0 Å².